The second kappa shape index (κ2) is 9.84. The molecule has 5 rings (SSSR count). The minimum absolute atomic E-state index is 0.0247. The molecule has 0 saturated carbocycles. The Bertz CT molecular complexity index is 1250. The second-order valence-corrected chi connectivity index (χ2v) is 10.3. The number of hydrogen-bond acceptors (Lipinski definition) is 6. The summed E-state index contributed by atoms with van der Waals surface area (Å²) >= 11 is 0. The van der Waals surface area contributed by atoms with Crippen LogP contribution in [0.1, 0.15) is 73.9 Å². The maximum absolute atomic E-state index is 13.1. The quantitative estimate of drug-likeness (QED) is 0.417. The summed E-state index contributed by atoms with van der Waals surface area (Å²) in [6, 6.07) is 19.7. The van der Waals surface area contributed by atoms with E-state index in [2.05, 4.69) is 0 Å². The van der Waals surface area contributed by atoms with E-state index in [0.717, 1.165) is 11.1 Å². The van der Waals surface area contributed by atoms with Gasteiger partial charge in [-0.1, -0.05) is 88.4 Å². The molecular weight excluding hydrogens is 452 g/mol. The largest absolute Gasteiger partial charge is 0.478 e. The van der Waals surface area contributed by atoms with Crippen LogP contribution in [0.15, 0.2) is 80.2 Å². The van der Waals surface area contributed by atoms with Crippen LogP contribution < -0.4 is 10.9 Å². The van der Waals surface area contributed by atoms with Gasteiger partial charge < -0.3 is 9.47 Å². The number of aliphatic imine (C=N–C) groups is 2. The molecule has 3 aromatic rings. The highest BCUT2D eigenvalue weighted by atomic mass is 16.5. The minimum Gasteiger partial charge on any atom is -0.478 e. The third kappa shape index (κ3) is 4.29. The topological polar surface area (TPSA) is 77.3 Å². The molecule has 0 amide bonds. The van der Waals surface area contributed by atoms with Gasteiger partial charge in [0.05, 0.1) is 11.8 Å². The smallest absolute Gasteiger partial charge is 0.230 e. The first-order valence-corrected chi connectivity index (χ1v) is 12.7. The van der Waals surface area contributed by atoms with Gasteiger partial charge in [-0.2, -0.15) is 0 Å². The van der Waals surface area contributed by atoms with Crippen LogP contribution in [0.4, 0.5) is 0 Å². The van der Waals surface area contributed by atoms with Crippen molar-refractivity contribution < 1.29 is 9.47 Å². The summed E-state index contributed by atoms with van der Waals surface area (Å²) in [6.07, 6.45) is 0. The number of benzene rings is 2. The Labute approximate surface area is 211 Å². The van der Waals surface area contributed by atoms with E-state index in [1.54, 1.807) is 0 Å². The summed E-state index contributed by atoms with van der Waals surface area (Å²) in [4.78, 5) is 35.8. The van der Waals surface area contributed by atoms with Crippen LogP contribution in [-0.4, -0.2) is 25.0 Å². The van der Waals surface area contributed by atoms with Crippen molar-refractivity contribution in [2.75, 3.05) is 13.2 Å². The van der Waals surface area contributed by atoms with Crippen LogP contribution in [0.2, 0.25) is 0 Å². The fourth-order valence-electron chi connectivity index (χ4n) is 5.35. The molecule has 0 unspecified atom stereocenters. The molecule has 2 aliphatic rings. The standard InChI is InChI=1S/C30H32N2O4/c1-17(2)23(29-31-21(15-35-29)19-11-7-5-8-12-19)25-26(28(34)27(25)33)24(18(3)4)30-32-22(16-36-30)20-13-9-6-10-14-20/h5-14,17-18,21-24H,15-16H2,1-4H3/t21-,22-,23+,24+/m1/s1. The van der Waals surface area contributed by atoms with E-state index >= 15 is 0 Å². The van der Waals surface area contributed by atoms with E-state index in [9.17, 15) is 9.59 Å². The Morgan fingerprint density at radius 1 is 0.639 bits per heavy atom. The second-order valence-electron chi connectivity index (χ2n) is 10.3. The lowest BCUT2D eigenvalue weighted by molar-refractivity contribution is 0.295. The predicted octanol–water partition coefficient (Wildman–Crippen LogP) is 5.10. The Hall–Kier alpha value is -3.54. The average molecular weight is 485 g/mol. The molecule has 6 heteroatoms. The van der Waals surface area contributed by atoms with Gasteiger partial charge in [-0.05, 0) is 23.0 Å². The molecule has 186 valence electrons. The van der Waals surface area contributed by atoms with E-state index in [-0.39, 0.29) is 35.8 Å². The third-order valence-electron chi connectivity index (χ3n) is 7.19. The fourth-order valence-corrected chi connectivity index (χ4v) is 5.35. The highest BCUT2D eigenvalue weighted by Gasteiger charge is 2.42. The molecule has 36 heavy (non-hydrogen) atoms. The van der Waals surface area contributed by atoms with Gasteiger partial charge in [0.2, 0.25) is 10.9 Å². The SMILES string of the molecule is CC(C)[C@H](C1=N[C@@H](c2ccccc2)CO1)c1c([C@@H](C2=N[C@@H](c3ccccc3)CO2)C(C)C)c(=O)c1=O. The molecule has 6 nitrogen and oxygen atoms in total. The third-order valence-corrected chi connectivity index (χ3v) is 7.19. The van der Waals surface area contributed by atoms with Crippen molar-refractivity contribution in [2.45, 2.75) is 51.6 Å². The van der Waals surface area contributed by atoms with Crippen molar-refractivity contribution in [3.8, 4) is 0 Å². The molecular formula is C30H32N2O4. The number of nitrogens with zero attached hydrogens (tertiary/aromatic N) is 2. The Morgan fingerprint density at radius 2 is 1.00 bits per heavy atom. The molecule has 0 aliphatic carbocycles. The molecule has 4 atom stereocenters. The maximum Gasteiger partial charge on any atom is 0.230 e. The Balaban J connectivity index is 1.51. The van der Waals surface area contributed by atoms with Gasteiger partial charge in [0.1, 0.15) is 25.3 Å². The van der Waals surface area contributed by atoms with Crippen molar-refractivity contribution in [3.05, 3.63) is 103 Å². The molecule has 2 aliphatic heterocycles. The van der Waals surface area contributed by atoms with E-state index in [1.165, 1.54) is 0 Å². The zero-order chi connectivity index (χ0) is 25.4. The summed E-state index contributed by atoms with van der Waals surface area (Å²) in [7, 11) is 0. The van der Waals surface area contributed by atoms with Crippen molar-refractivity contribution in [3.63, 3.8) is 0 Å². The molecule has 2 heterocycles. The van der Waals surface area contributed by atoms with Crippen LogP contribution in [-0.2, 0) is 9.47 Å². The number of rotatable bonds is 8. The molecule has 0 aromatic heterocycles. The van der Waals surface area contributed by atoms with Gasteiger partial charge in [-0.3, -0.25) is 9.59 Å². The van der Waals surface area contributed by atoms with E-state index in [4.69, 9.17) is 19.5 Å². The van der Waals surface area contributed by atoms with Crippen LogP contribution in [0.25, 0.3) is 0 Å². The lowest BCUT2D eigenvalue weighted by atomic mass is 9.75. The first kappa shape index (κ1) is 24.2. The van der Waals surface area contributed by atoms with Crippen LogP contribution in [0.5, 0.6) is 0 Å². The van der Waals surface area contributed by atoms with E-state index in [1.807, 2.05) is 88.4 Å². The molecule has 3 aromatic carbocycles. The number of hydrogen-bond donors (Lipinski definition) is 0. The zero-order valence-electron chi connectivity index (χ0n) is 21.2. The summed E-state index contributed by atoms with van der Waals surface area (Å²) in [6.45, 7) is 8.99. The van der Waals surface area contributed by atoms with Gasteiger partial charge in [-0.25, -0.2) is 9.98 Å². The molecule has 0 fully saturated rings. The van der Waals surface area contributed by atoms with Crippen LogP contribution >= 0.6 is 0 Å². The lowest BCUT2D eigenvalue weighted by Crippen LogP contribution is -2.47. The molecule has 0 N–H and O–H groups in total. The maximum atomic E-state index is 13.1. The molecule has 0 saturated heterocycles. The highest BCUT2D eigenvalue weighted by molar-refractivity contribution is 5.90. The monoisotopic (exact) mass is 484 g/mol. The molecule has 0 spiro atoms. The van der Waals surface area contributed by atoms with Gasteiger partial charge in [-0.15, -0.1) is 0 Å². The van der Waals surface area contributed by atoms with Gasteiger partial charge in [0.15, 0.2) is 11.8 Å². The van der Waals surface area contributed by atoms with Crippen molar-refractivity contribution in [2.24, 2.45) is 21.8 Å². The normalized spacial score (nSPS) is 21.3. The first-order chi connectivity index (χ1) is 17.4. The highest BCUT2D eigenvalue weighted by Crippen LogP contribution is 2.39. The lowest BCUT2D eigenvalue weighted by Gasteiger charge is -2.29. The molecule has 0 bridgehead atoms. The number of ether oxygens (including phenoxy) is 2. The van der Waals surface area contributed by atoms with Gasteiger partial charge >= 0.3 is 0 Å². The predicted molar refractivity (Wildman–Crippen MR) is 142 cm³/mol. The Kier molecular flexibility index (Phi) is 6.61. The van der Waals surface area contributed by atoms with Crippen LogP contribution in [0, 0.1) is 11.8 Å². The van der Waals surface area contributed by atoms with Crippen molar-refractivity contribution >= 4 is 11.8 Å². The van der Waals surface area contributed by atoms with E-state index < -0.39 is 10.9 Å². The van der Waals surface area contributed by atoms with E-state index in [0.29, 0.717) is 36.1 Å². The van der Waals surface area contributed by atoms with Gasteiger partial charge in [0, 0.05) is 11.1 Å². The average Bonchev–Trinajstić information content (AvgIpc) is 3.57. The summed E-state index contributed by atoms with van der Waals surface area (Å²) in [5.74, 6) is 0.352. The minimum atomic E-state index is -0.443. The zero-order valence-corrected chi connectivity index (χ0v) is 21.2. The van der Waals surface area contributed by atoms with Crippen molar-refractivity contribution in [1.29, 1.82) is 0 Å². The van der Waals surface area contributed by atoms with Crippen LogP contribution in [0.3, 0.4) is 0 Å². The first-order valence-electron chi connectivity index (χ1n) is 12.7. The van der Waals surface area contributed by atoms with Crippen molar-refractivity contribution in [1.82, 2.24) is 0 Å². The molecule has 0 radical (unpaired) electrons. The summed E-state index contributed by atoms with van der Waals surface area (Å²) in [5.41, 5.74) is 2.28. The van der Waals surface area contributed by atoms with Gasteiger partial charge in [0.25, 0.3) is 0 Å². The fraction of sp³-hybridized carbons (Fsp3) is 0.400. The Morgan fingerprint density at radius 3 is 1.33 bits per heavy atom. The summed E-state index contributed by atoms with van der Waals surface area (Å²) in [5, 5.41) is 0. The summed E-state index contributed by atoms with van der Waals surface area (Å²) < 4.78 is 12.1.